The van der Waals surface area contributed by atoms with Gasteiger partial charge in [0.1, 0.15) is 5.75 Å². The smallest absolute Gasteiger partial charge is 0.320 e. The first-order valence-electron chi connectivity index (χ1n) is 11.7. The Labute approximate surface area is 200 Å². The minimum Gasteiger partial charge on any atom is -0.494 e. The minimum atomic E-state index is 0.146. The number of amides is 2. The van der Waals surface area contributed by atoms with Crippen molar-refractivity contribution in [2.75, 3.05) is 39.8 Å². The molecule has 5 nitrogen and oxygen atoms in total. The number of benzene rings is 2. The summed E-state index contributed by atoms with van der Waals surface area (Å²) in [6.45, 7) is 7.38. The van der Waals surface area contributed by atoms with Crippen LogP contribution < -0.4 is 4.74 Å². The van der Waals surface area contributed by atoms with Gasteiger partial charge in [0.15, 0.2) is 0 Å². The fourth-order valence-corrected chi connectivity index (χ4v) is 5.31. The summed E-state index contributed by atoms with van der Waals surface area (Å²) in [5.74, 6) is 1.65. The third-order valence-corrected chi connectivity index (χ3v) is 7.55. The Bertz CT molecular complexity index is 899. The average molecular weight is 500 g/mol. The second-order valence-electron chi connectivity index (χ2n) is 9.05. The van der Waals surface area contributed by atoms with E-state index in [1.54, 1.807) is 0 Å². The molecule has 2 aliphatic rings. The van der Waals surface area contributed by atoms with E-state index in [0.717, 1.165) is 38.3 Å². The number of nitrogens with zero attached hydrogens (tertiary/aromatic N) is 3. The normalized spacial score (nSPS) is 20.2. The van der Waals surface area contributed by atoms with Crippen LogP contribution in [0.4, 0.5) is 4.79 Å². The van der Waals surface area contributed by atoms with Crippen LogP contribution in [-0.2, 0) is 13.0 Å². The van der Waals surface area contributed by atoms with Gasteiger partial charge in [-0.15, -0.1) is 0 Å². The van der Waals surface area contributed by atoms with Gasteiger partial charge in [0, 0.05) is 31.2 Å². The van der Waals surface area contributed by atoms with Crippen LogP contribution in [0.15, 0.2) is 53.0 Å². The van der Waals surface area contributed by atoms with Crippen LogP contribution in [0.3, 0.4) is 0 Å². The number of hydrogen-bond donors (Lipinski definition) is 0. The molecule has 2 heterocycles. The second kappa shape index (κ2) is 10.7. The van der Waals surface area contributed by atoms with Gasteiger partial charge in [0.2, 0.25) is 0 Å². The molecular weight excluding hydrogens is 466 g/mol. The fourth-order valence-electron chi connectivity index (χ4n) is 4.90. The van der Waals surface area contributed by atoms with Crippen molar-refractivity contribution in [1.29, 1.82) is 0 Å². The highest BCUT2D eigenvalue weighted by molar-refractivity contribution is 9.10. The van der Waals surface area contributed by atoms with Gasteiger partial charge in [0.25, 0.3) is 0 Å². The van der Waals surface area contributed by atoms with Gasteiger partial charge in [-0.2, -0.15) is 0 Å². The van der Waals surface area contributed by atoms with E-state index in [4.69, 9.17) is 4.74 Å². The summed E-state index contributed by atoms with van der Waals surface area (Å²) in [7, 11) is 1.95. The van der Waals surface area contributed by atoms with E-state index in [1.165, 1.54) is 28.4 Å². The van der Waals surface area contributed by atoms with Crippen molar-refractivity contribution >= 4 is 22.0 Å². The summed E-state index contributed by atoms with van der Waals surface area (Å²) >= 11 is 3.71. The Morgan fingerprint density at radius 3 is 2.56 bits per heavy atom. The van der Waals surface area contributed by atoms with E-state index in [0.29, 0.717) is 19.1 Å². The summed E-state index contributed by atoms with van der Waals surface area (Å²) in [5.41, 5.74) is 2.53. The maximum absolute atomic E-state index is 12.7. The lowest BCUT2D eigenvalue weighted by Crippen LogP contribution is -2.44. The zero-order valence-electron chi connectivity index (χ0n) is 19.2. The van der Waals surface area contributed by atoms with Crippen LogP contribution in [-0.4, -0.2) is 66.6 Å². The molecule has 1 atom stereocenters. The average Bonchev–Trinajstić information content (AvgIpc) is 3.06. The van der Waals surface area contributed by atoms with Crippen LogP contribution >= 0.6 is 15.9 Å². The van der Waals surface area contributed by atoms with Gasteiger partial charge in [0.05, 0.1) is 12.6 Å². The van der Waals surface area contributed by atoms with Crippen molar-refractivity contribution in [3.8, 4) is 5.75 Å². The largest absolute Gasteiger partial charge is 0.494 e. The van der Waals surface area contributed by atoms with Gasteiger partial charge in [-0.1, -0.05) is 46.3 Å². The molecule has 0 bridgehead atoms. The number of piperidine rings is 1. The number of urea groups is 1. The van der Waals surface area contributed by atoms with E-state index < -0.39 is 0 Å². The summed E-state index contributed by atoms with van der Waals surface area (Å²) in [6, 6.07) is 17.0. The van der Waals surface area contributed by atoms with E-state index in [2.05, 4.69) is 45.1 Å². The first-order valence-corrected chi connectivity index (χ1v) is 12.5. The number of rotatable bonds is 8. The summed E-state index contributed by atoms with van der Waals surface area (Å²) in [6.07, 6.45) is 3.48. The van der Waals surface area contributed by atoms with Gasteiger partial charge >= 0.3 is 6.03 Å². The molecule has 2 saturated heterocycles. The highest BCUT2D eigenvalue weighted by atomic mass is 79.9. The summed E-state index contributed by atoms with van der Waals surface area (Å²) < 4.78 is 6.86. The van der Waals surface area contributed by atoms with E-state index in [9.17, 15) is 4.79 Å². The molecule has 2 aromatic carbocycles. The molecule has 2 fully saturated rings. The maximum atomic E-state index is 12.7. The van der Waals surface area contributed by atoms with Crippen molar-refractivity contribution in [3.63, 3.8) is 0 Å². The molecular formula is C26H34BrN3O2. The van der Waals surface area contributed by atoms with Crippen molar-refractivity contribution in [3.05, 3.63) is 64.1 Å². The zero-order valence-corrected chi connectivity index (χ0v) is 20.8. The molecule has 0 saturated carbocycles. The predicted molar refractivity (Wildman–Crippen MR) is 132 cm³/mol. The molecule has 6 heteroatoms. The molecule has 0 aliphatic carbocycles. The Balaban J connectivity index is 1.27. The zero-order chi connectivity index (χ0) is 22.5. The topological polar surface area (TPSA) is 36.0 Å². The van der Waals surface area contributed by atoms with Crippen molar-refractivity contribution in [2.45, 2.75) is 38.8 Å². The standard InChI is InChI=1S/C26H34BrN3O2/c1-3-32-24-9-10-25(27)22(16-24)15-20-11-13-29(14-12-20)18-23-19-30(26(31)28(23)2)17-21-7-5-4-6-8-21/h4-10,16,20,23H,3,11-15,17-19H2,1-2H3. The van der Waals surface area contributed by atoms with Crippen molar-refractivity contribution in [1.82, 2.24) is 14.7 Å². The van der Waals surface area contributed by atoms with Crippen LogP contribution in [0.2, 0.25) is 0 Å². The molecule has 0 spiro atoms. The number of ether oxygens (including phenoxy) is 1. The number of likely N-dealkylation sites (tertiary alicyclic amines) is 1. The number of halogens is 1. The third-order valence-electron chi connectivity index (χ3n) is 6.78. The monoisotopic (exact) mass is 499 g/mol. The Hall–Kier alpha value is -2.05. The van der Waals surface area contributed by atoms with Gasteiger partial charge < -0.3 is 19.4 Å². The molecule has 0 N–H and O–H groups in total. The minimum absolute atomic E-state index is 0.146. The maximum Gasteiger partial charge on any atom is 0.320 e. The lowest BCUT2D eigenvalue weighted by Gasteiger charge is -2.34. The molecule has 0 aromatic heterocycles. The van der Waals surface area contributed by atoms with Crippen LogP contribution in [0.25, 0.3) is 0 Å². The van der Waals surface area contributed by atoms with E-state index >= 15 is 0 Å². The lowest BCUT2D eigenvalue weighted by atomic mass is 9.90. The molecule has 32 heavy (non-hydrogen) atoms. The van der Waals surface area contributed by atoms with E-state index in [1.807, 2.05) is 48.0 Å². The predicted octanol–water partition coefficient (Wildman–Crippen LogP) is 5.04. The third kappa shape index (κ3) is 5.65. The molecule has 4 rings (SSSR count). The molecule has 2 aliphatic heterocycles. The molecule has 2 amide bonds. The number of carbonyl (C=O) groups excluding carboxylic acids is 1. The molecule has 0 radical (unpaired) electrons. The summed E-state index contributed by atoms with van der Waals surface area (Å²) in [4.78, 5) is 19.2. The summed E-state index contributed by atoms with van der Waals surface area (Å²) in [5, 5.41) is 0. The molecule has 172 valence electrons. The van der Waals surface area contributed by atoms with Gasteiger partial charge in [-0.25, -0.2) is 4.79 Å². The van der Waals surface area contributed by atoms with E-state index in [-0.39, 0.29) is 12.1 Å². The van der Waals surface area contributed by atoms with Crippen molar-refractivity contribution < 1.29 is 9.53 Å². The molecule has 2 aromatic rings. The quantitative estimate of drug-likeness (QED) is 0.510. The van der Waals surface area contributed by atoms with Crippen LogP contribution in [0, 0.1) is 5.92 Å². The first kappa shape index (κ1) is 23.1. The Morgan fingerprint density at radius 1 is 1.09 bits per heavy atom. The number of carbonyl (C=O) groups is 1. The fraction of sp³-hybridized carbons (Fsp3) is 0.500. The van der Waals surface area contributed by atoms with Gasteiger partial charge in [-0.05, 0) is 74.5 Å². The second-order valence-corrected chi connectivity index (χ2v) is 9.90. The Kier molecular flexibility index (Phi) is 7.74. The first-order chi connectivity index (χ1) is 15.5. The Morgan fingerprint density at radius 2 is 1.84 bits per heavy atom. The number of likely N-dealkylation sites (N-methyl/N-ethyl adjacent to an activating group) is 1. The SMILES string of the molecule is CCOc1ccc(Br)c(CC2CCN(CC3CN(Cc4ccccc4)C(=O)N3C)CC2)c1. The van der Waals surface area contributed by atoms with Crippen LogP contribution in [0.1, 0.15) is 30.9 Å². The highest BCUT2D eigenvalue weighted by Gasteiger charge is 2.36. The van der Waals surface area contributed by atoms with Gasteiger partial charge in [-0.3, -0.25) is 0 Å². The lowest BCUT2D eigenvalue weighted by molar-refractivity contribution is 0.149. The molecule has 1 unspecified atom stereocenters. The van der Waals surface area contributed by atoms with Crippen LogP contribution in [0.5, 0.6) is 5.75 Å². The highest BCUT2D eigenvalue weighted by Crippen LogP contribution is 2.29. The van der Waals surface area contributed by atoms with Crippen molar-refractivity contribution in [2.24, 2.45) is 5.92 Å². The number of hydrogen-bond acceptors (Lipinski definition) is 3.